The van der Waals surface area contributed by atoms with Gasteiger partial charge in [-0.2, -0.15) is 16.8 Å². The Bertz CT molecular complexity index is 1380. The van der Waals surface area contributed by atoms with Crippen LogP contribution in [0.3, 0.4) is 0 Å². The van der Waals surface area contributed by atoms with Crippen molar-refractivity contribution in [2.45, 2.75) is 53.7 Å². The molecule has 2 N–H and O–H groups in total. The van der Waals surface area contributed by atoms with Gasteiger partial charge in [0.25, 0.3) is 20.2 Å². The van der Waals surface area contributed by atoms with Crippen LogP contribution < -0.4 is 0 Å². The zero-order chi connectivity index (χ0) is 23.8. The van der Waals surface area contributed by atoms with E-state index in [0.717, 1.165) is 34.0 Å². The van der Waals surface area contributed by atoms with Gasteiger partial charge in [-0.15, -0.1) is 0 Å². The first-order valence-corrected chi connectivity index (χ1v) is 13.4. The van der Waals surface area contributed by atoms with Gasteiger partial charge in [-0.3, -0.25) is 9.11 Å². The van der Waals surface area contributed by atoms with Gasteiger partial charge < -0.3 is 0 Å². The van der Waals surface area contributed by atoms with Crippen LogP contribution in [0.5, 0.6) is 0 Å². The Balaban J connectivity index is 2.02. The van der Waals surface area contributed by atoms with Gasteiger partial charge >= 0.3 is 0 Å². The third kappa shape index (κ3) is 5.60. The van der Waals surface area contributed by atoms with E-state index < -0.39 is 20.2 Å². The van der Waals surface area contributed by atoms with Crippen LogP contribution in [0, 0.1) is 27.7 Å². The summed E-state index contributed by atoms with van der Waals surface area (Å²) < 4.78 is 66.7. The molecule has 0 saturated carbocycles. The molecule has 3 aromatic carbocycles. The zero-order valence-electron chi connectivity index (χ0n) is 18.1. The number of hydrogen-bond acceptors (Lipinski definition) is 5. The first-order valence-electron chi connectivity index (χ1n) is 9.69. The monoisotopic (exact) mass is 492 g/mol. The molecule has 0 spiro atoms. The summed E-state index contributed by atoms with van der Waals surface area (Å²) in [6.07, 6.45) is 0.343. The van der Waals surface area contributed by atoms with Crippen molar-refractivity contribution in [2.24, 2.45) is 0 Å². The second-order valence-corrected chi connectivity index (χ2v) is 11.7. The molecule has 0 aliphatic rings. The van der Waals surface area contributed by atoms with Gasteiger partial charge in [0, 0.05) is 9.79 Å². The number of benzene rings is 3. The van der Waals surface area contributed by atoms with Crippen molar-refractivity contribution >= 4 is 32.0 Å². The minimum absolute atomic E-state index is 0.191. The predicted molar refractivity (Wildman–Crippen MR) is 125 cm³/mol. The van der Waals surface area contributed by atoms with Crippen molar-refractivity contribution < 1.29 is 25.9 Å². The maximum atomic E-state index is 12.1. The first kappa shape index (κ1) is 24.5. The molecule has 0 amide bonds. The van der Waals surface area contributed by atoms with E-state index in [2.05, 4.69) is 0 Å². The highest BCUT2D eigenvalue weighted by atomic mass is 32.2. The van der Waals surface area contributed by atoms with Crippen molar-refractivity contribution in [1.82, 2.24) is 0 Å². The van der Waals surface area contributed by atoms with E-state index in [0.29, 0.717) is 27.3 Å². The molecule has 0 fully saturated rings. The van der Waals surface area contributed by atoms with E-state index >= 15 is 0 Å². The maximum Gasteiger partial charge on any atom is 0.294 e. The quantitative estimate of drug-likeness (QED) is 0.458. The fourth-order valence-corrected chi connectivity index (χ4v) is 6.27. The summed E-state index contributed by atoms with van der Waals surface area (Å²) in [7, 11) is -8.87. The number of hydrogen-bond donors (Lipinski definition) is 2. The Morgan fingerprint density at radius 3 is 1.72 bits per heavy atom. The molecule has 6 nitrogen and oxygen atoms in total. The maximum absolute atomic E-state index is 12.1. The summed E-state index contributed by atoms with van der Waals surface area (Å²) in [5.41, 5.74) is 5.06. The standard InChI is InChI=1S/C23H24O6S3/c1-14-9-16(3)21(17(4)10-14)11-18-6-8-20(13-23(18)32(27,28)29)30-19-7-5-15(2)22(12-19)31(24,25)26/h5-10,12-13H,11H2,1-4H3,(H,24,25,26)(H,27,28,29). The lowest BCUT2D eigenvalue weighted by molar-refractivity contribution is 0.480. The third-order valence-electron chi connectivity index (χ3n) is 5.20. The highest BCUT2D eigenvalue weighted by Gasteiger charge is 2.19. The number of rotatable bonds is 6. The van der Waals surface area contributed by atoms with E-state index in [1.165, 1.54) is 12.1 Å². The van der Waals surface area contributed by atoms with Gasteiger partial charge in [-0.05, 0) is 86.2 Å². The molecule has 0 unspecified atom stereocenters. The summed E-state index contributed by atoms with van der Waals surface area (Å²) in [4.78, 5) is 0.606. The zero-order valence-corrected chi connectivity index (χ0v) is 20.5. The van der Waals surface area contributed by atoms with Crippen LogP contribution in [-0.4, -0.2) is 25.9 Å². The molecule has 0 heterocycles. The molecule has 0 saturated heterocycles. The number of aryl methyl sites for hydroxylation is 4. The molecule has 170 valence electrons. The summed E-state index contributed by atoms with van der Waals surface area (Å²) >= 11 is 1.13. The lowest BCUT2D eigenvalue weighted by Gasteiger charge is -2.14. The molecule has 0 atom stereocenters. The van der Waals surface area contributed by atoms with Gasteiger partial charge in [0.05, 0.1) is 9.79 Å². The first-order chi connectivity index (χ1) is 14.8. The topological polar surface area (TPSA) is 109 Å². The van der Waals surface area contributed by atoms with Gasteiger partial charge in [-0.25, -0.2) is 0 Å². The summed E-state index contributed by atoms with van der Waals surface area (Å²) in [6.45, 7) is 7.50. The van der Waals surface area contributed by atoms with Crippen molar-refractivity contribution in [1.29, 1.82) is 0 Å². The Hall–Kier alpha value is -2.17. The molecule has 3 rings (SSSR count). The van der Waals surface area contributed by atoms with Crippen LogP contribution in [0.2, 0.25) is 0 Å². The molecule has 0 aliphatic heterocycles. The fraction of sp³-hybridized carbons (Fsp3) is 0.217. The molecule has 0 aromatic heterocycles. The highest BCUT2D eigenvalue weighted by Crippen LogP contribution is 2.34. The van der Waals surface area contributed by atoms with Crippen LogP contribution in [0.15, 0.2) is 68.1 Å². The average molecular weight is 493 g/mol. The minimum atomic E-state index is -4.49. The van der Waals surface area contributed by atoms with Gasteiger partial charge in [0.15, 0.2) is 0 Å². The van der Waals surface area contributed by atoms with Crippen LogP contribution in [0.4, 0.5) is 0 Å². The Morgan fingerprint density at radius 2 is 1.19 bits per heavy atom. The second-order valence-electron chi connectivity index (χ2n) is 7.80. The normalized spacial score (nSPS) is 12.2. The van der Waals surface area contributed by atoms with Crippen molar-refractivity contribution in [3.8, 4) is 0 Å². The van der Waals surface area contributed by atoms with Crippen molar-refractivity contribution in [2.75, 3.05) is 0 Å². The van der Waals surface area contributed by atoms with Crippen LogP contribution in [0.1, 0.15) is 33.4 Å². The molecule has 0 radical (unpaired) electrons. The largest absolute Gasteiger partial charge is 0.294 e. The molecular weight excluding hydrogens is 468 g/mol. The van der Waals surface area contributed by atoms with Crippen LogP contribution in [-0.2, 0) is 26.7 Å². The predicted octanol–water partition coefficient (Wildman–Crippen LogP) is 5.16. The van der Waals surface area contributed by atoms with Crippen LogP contribution >= 0.6 is 11.8 Å². The van der Waals surface area contributed by atoms with E-state index in [4.69, 9.17) is 0 Å². The third-order valence-corrected chi connectivity index (χ3v) is 8.11. The minimum Gasteiger partial charge on any atom is -0.282 e. The van der Waals surface area contributed by atoms with E-state index in [-0.39, 0.29) is 9.79 Å². The van der Waals surface area contributed by atoms with E-state index in [1.807, 2.05) is 32.9 Å². The Kier molecular flexibility index (Phi) is 6.88. The van der Waals surface area contributed by atoms with Gasteiger partial charge in [0.2, 0.25) is 0 Å². The van der Waals surface area contributed by atoms with Crippen molar-refractivity contribution in [3.05, 3.63) is 81.9 Å². The molecule has 0 aliphatic carbocycles. The fourth-order valence-electron chi connectivity index (χ4n) is 3.72. The lowest BCUT2D eigenvalue weighted by Crippen LogP contribution is -2.06. The Morgan fingerprint density at radius 1 is 0.688 bits per heavy atom. The molecule has 3 aromatic rings. The summed E-state index contributed by atoms with van der Waals surface area (Å²) in [6, 6.07) is 13.4. The molecule has 32 heavy (non-hydrogen) atoms. The Labute approximate surface area is 193 Å². The molecular formula is C23H24O6S3. The van der Waals surface area contributed by atoms with E-state index in [9.17, 15) is 25.9 Å². The van der Waals surface area contributed by atoms with Gasteiger partial charge in [0.1, 0.15) is 0 Å². The van der Waals surface area contributed by atoms with Crippen LogP contribution in [0.25, 0.3) is 0 Å². The smallest absolute Gasteiger partial charge is 0.282 e. The average Bonchev–Trinajstić information content (AvgIpc) is 2.65. The second kappa shape index (κ2) is 8.99. The van der Waals surface area contributed by atoms with Gasteiger partial charge in [-0.1, -0.05) is 41.6 Å². The molecule has 0 bridgehead atoms. The molecule has 9 heteroatoms. The van der Waals surface area contributed by atoms with E-state index in [1.54, 1.807) is 31.2 Å². The SMILES string of the molecule is Cc1cc(C)c(Cc2ccc(Sc3ccc(C)c(S(=O)(=O)O)c3)cc2S(=O)(=O)O)c(C)c1. The summed E-state index contributed by atoms with van der Waals surface area (Å²) in [5.74, 6) is 0. The van der Waals surface area contributed by atoms with Crippen molar-refractivity contribution in [3.63, 3.8) is 0 Å². The highest BCUT2D eigenvalue weighted by molar-refractivity contribution is 7.99. The lowest BCUT2D eigenvalue weighted by atomic mass is 9.94. The summed E-state index contributed by atoms with van der Waals surface area (Å²) in [5, 5.41) is 0.